The molecule has 2 aliphatic heterocycles. The number of benzene rings is 3. The summed E-state index contributed by atoms with van der Waals surface area (Å²) in [4.78, 5) is 41.3. The van der Waals surface area contributed by atoms with Crippen LogP contribution in [0.25, 0.3) is 43.6 Å². The zero-order valence-electron chi connectivity index (χ0n) is 23.7. The first kappa shape index (κ1) is 28.4. The molecular formula is C32H26N4O10. The molecule has 0 bridgehead atoms. The van der Waals surface area contributed by atoms with Gasteiger partial charge in [-0.25, -0.2) is 0 Å². The molecule has 5 atom stereocenters. The van der Waals surface area contributed by atoms with E-state index in [9.17, 15) is 40.2 Å². The standard InChI is InChI=1S/C32H26N4O10/c37-11-20-27(40)28(41)29(42)32(46-20)35-19-10-15(39)2-4-17(19)22-24-23(21-16-3-1-14(38)9-18(16)34-25(21)26(22)35)30(43)36(31(24)44)45-12-13-5-7-33-8-6-13/h1-10,20,27-29,32,34,37-42H,11-12H2/t20-,27-,28+,29-,32-/m1/s1. The highest BCUT2D eigenvalue weighted by Crippen LogP contribution is 2.48. The number of H-pyrrole nitrogens is 1. The summed E-state index contributed by atoms with van der Waals surface area (Å²) in [6.45, 7) is -0.792. The van der Waals surface area contributed by atoms with E-state index in [0.717, 1.165) is 0 Å². The Kier molecular flexibility index (Phi) is 6.30. The van der Waals surface area contributed by atoms with Crippen LogP contribution in [0.1, 0.15) is 32.5 Å². The number of fused-ring (bicyclic) bond motifs is 10. The number of nitrogens with zero attached hydrogens (tertiary/aromatic N) is 3. The van der Waals surface area contributed by atoms with Crippen LogP contribution in [-0.4, -0.2) is 93.1 Å². The molecule has 0 spiro atoms. The Morgan fingerprint density at radius 3 is 2.24 bits per heavy atom. The molecule has 3 aromatic heterocycles. The topological polar surface area (TPSA) is 211 Å². The number of carbonyl (C=O) groups excluding carboxylic acids is 2. The van der Waals surface area contributed by atoms with Crippen LogP contribution in [-0.2, 0) is 16.2 Å². The summed E-state index contributed by atoms with van der Waals surface area (Å²) in [5.74, 6) is -1.70. The number of carbonyl (C=O) groups is 2. The predicted octanol–water partition coefficient (Wildman–Crippen LogP) is 1.94. The van der Waals surface area contributed by atoms with Crippen molar-refractivity contribution >= 4 is 55.4 Å². The van der Waals surface area contributed by atoms with E-state index in [1.54, 1.807) is 36.7 Å². The summed E-state index contributed by atoms with van der Waals surface area (Å²) >= 11 is 0. The van der Waals surface area contributed by atoms with Crippen LogP contribution in [0.15, 0.2) is 60.9 Å². The number of pyridine rings is 1. The lowest BCUT2D eigenvalue weighted by molar-refractivity contribution is -0.249. The quantitative estimate of drug-likeness (QED) is 0.137. The molecule has 7 N–H and O–H groups in total. The van der Waals surface area contributed by atoms with Crippen molar-refractivity contribution in [1.29, 1.82) is 0 Å². The van der Waals surface area contributed by atoms with Crippen molar-refractivity contribution in [1.82, 2.24) is 19.6 Å². The Morgan fingerprint density at radius 2 is 1.52 bits per heavy atom. The Labute approximate surface area is 257 Å². The molecule has 46 heavy (non-hydrogen) atoms. The zero-order chi connectivity index (χ0) is 32.0. The largest absolute Gasteiger partial charge is 0.508 e. The van der Waals surface area contributed by atoms with Gasteiger partial charge in [0, 0.05) is 46.1 Å². The van der Waals surface area contributed by atoms with Crippen molar-refractivity contribution in [3.05, 3.63) is 77.6 Å². The van der Waals surface area contributed by atoms with E-state index in [2.05, 4.69) is 9.97 Å². The Hall–Kier alpha value is -5.09. The lowest BCUT2D eigenvalue weighted by atomic mass is 9.96. The Bertz CT molecular complexity index is 2230. The minimum atomic E-state index is -1.73. The predicted molar refractivity (Wildman–Crippen MR) is 161 cm³/mol. The van der Waals surface area contributed by atoms with Crippen molar-refractivity contribution in [3.8, 4) is 11.5 Å². The number of amides is 2. The number of hydrogen-bond acceptors (Lipinski definition) is 11. The van der Waals surface area contributed by atoms with Gasteiger partial charge in [-0.05, 0) is 42.0 Å². The van der Waals surface area contributed by atoms with Crippen LogP contribution in [0, 0.1) is 0 Å². The summed E-state index contributed by atoms with van der Waals surface area (Å²) < 4.78 is 7.44. The highest BCUT2D eigenvalue weighted by Gasteiger charge is 2.47. The van der Waals surface area contributed by atoms with Crippen molar-refractivity contribution in [2.45, 2.75) is 37.3 Å². The summed E-state index contributed by atoms with van der Waals surface area (Å²) in [5.41, 5.74) is 1.96. The number of nitrogens with one attached hydrogen (secondary N) is 1. The second kappa shape index (κ2) is 10.2. The molecule has 0 aliphatic carbocycles. The minimum absolute atomic E-state index is 0.00441. The van der Waals surface area contributed by atoms with Gasteiger partial charge in [0.1, 0.15) is 42.5 Å². The number of rotatable bonds is 5. The fourth-order valence-corrected chi connectivity index (χ4v) is 6.69. The van der Waals surface area contributed by atoms with Gasteiger partial charge in [0.15, 0.2) is 6.23 Å². The van der Waals surface area contributed by atoms with Crippen LogP contribution in [0.4, 0.5) is 0 Å². The maximum Gasteiger partial charge on any atom is 0.286 e. The lowest BCUT2D eigenvalue weighted by Gasteiger charge is -2.41. The molecule has 8 rings (SSSR count). The molecule has 0 saturated carbocycles. The lowest BCUT2D eigenvalue weighted by Crippen LogP contribution is -2.56. The highest BCUT2D eigenvalue weighted by molar-refractivity contribution is 6.39. The molecule has 234 valence electrons. The second-order valence-electron chi connectivity index (χ2n) is 11.4. The first-order valence-corrected chi connectivity index (χ1v) is 14.4. The van der Waals surface area contributed by atoms with Gasteiger partial charge in [0.2, 0.25) is 0 Å². The van der Waals surface area contributed by atoms with Crippen molar-refractivity contribution < 1.29 is 49.8 Å². The SMILES string of the molecule is O=C1c2c(c3c4ccc(O)cc4n([C@@H]4O[C@H](CO)[C@@H](O)[C@H](O)[C@H]4O)c3c3[nH]c4cc(O)ccc4c23)C(=O)N1OCc1ccncc1. The van der Waals surface area contributed by atoms with Crippen LogP contribution < -0.4 is 0 Å². The summed E-state index contributed by atoms with van der Waals surface area (Å²) in [7, 11) is 0. The average molecular weight is 627 g/mol. The molecule has 2 aliphatic rings. The van der Waals surface area contributed by atoms with Gasteiger partial charge in [0.25, 0.3) is 11.8 Å². The number of phenolic OH excluding ortho intramolecular Hbond substituents is 2. The number of imide groups is 1. The highest BCUT2D eigenvalue weighted by atomic mass is 16.7. The van der Waals surface area contributed by atoms with Gasteiger partial charge in [0.05, 0.1) is 39.8 Å². The van der Waals surface area contributed by atoms with Crippen LogP contribution in [0.3, 0.4) is 0 Å². The van der Waals surface area contributed by atoms with E-state index in [1.165, 1.54) is 28.8 Å². The molecular weight excluding hydrogens is 600 g/mol. The minimum Gasteiger partial charge on any atom is -0.508 e. The number of hydroxylamine groups is 2. The number of aliphatic hydroxyl groups excluding tert-OH is 4. The first-order valence-electron chi connectivity index (χ1n) is 14.4. The maximum absolute atomic E-state index is 14.2. The number of ether oxygens (including phenoxy) is 1. The van der Waals surface area contributed by atoms with Crippen molar-refractivity contribution in [2.24, 2.45) is 0 Å². The van der Waals surface area contributed by atoms with Crippen molar-refractivity contribution in [3.63, 3.8) is 0 Å². The second-order valence-corrected chi connectivity index (χ2v) is 11.4. The molecule has 14 heteroatoms. The number of hydrogen-bond donors (Lipinski definition) is 7. The molecule has 2 amide bonds. The van der Waals surface area contributed by atoms with Gasteiger partial charge in [-0.1, -0.05) is 0 Å². The molecule has 0 radical (unpaired) electrons. The number of aliphatic hydroxyl groups is 4. The summed E-state index contributed by atoms with van der Waals surface area (Å²) in [6, 6.07) is 12.2. The molecule has 5 heterocycles. The monoisotopic (exact) mass is 626 g/mol. The first-order chi connectivity index (χ1) is 22.2. The van der Waals surface area contributed by atoms with Gasteiger partial charge in [-0.15, -0.1) is 5.06 Å². The number of aromatic hydroxyl groups is 2. The third-order valence-corrected chi connectivity index (χ3v) is 8.78. The Morgan fingerprint density at radius 1 is 0.848 bits per heavy atom. The van der Waals surface area contributed by atoms with Gasteiger partial charge in [-0.2, -0.15) is 0 Å². The van der Waals surface area contributed by atoms with E-state index >= 15 is 0 Å². The molecule has 14 nitrogen and oxygen atoms in total. The third kappa shape index (κ3) is 3.89. The fraction of sp³-hybridized carbons (Fsp3) is 0.219. The molecule has 1 saturated heterocycles. The Balaban J connectivity index is 1.47. The molecule has 6 aromatic rings. The smallest absolute Gasteiger partial charge is 0.286 e. The fourth-order valence-electron chi connectivity index (χ4n) is 6.69. The summed E-state index contributed by atoms with van der Waals surface area (Å²) in [5, 5.41) is 65.4. The average Bonchev–Trinajstić information content (AvgIpc) is 3.66. The van der Waals surface area contributed by atoms with Gasteiger partial charge < -0.3 is 44.9 Å². The van der Waals surface area contributed by atoms with E-state index in [-0.39, 0.29) is 45.7 Å². The normalized spacial score (nSPS) is 23.4. The van der Waals surface area contributed by atoms with E-state index in [0.29, 0.717) is 37.8 Å². The van der Waals surface area contributed by atoms with Crippen LogP contribution >= 0.6 is 0 Å². The van der Waals surface area contributed by atoms with E-state index in [4.69, 9.17) is 9.57 Å². The zero-order valence-corrected chi connectivity index (χ0v) is 23.7. The molecule has 3 aromatic carbocycles. The van der Waals surface area contributed by atoms with Gasteiger partial charge >= 0.3 is 0 Å². The van der Waals surface area contributed by atoms with Crippen LogP contribution in [0.2, 0.25) is 0 Å². The molecule has 0 unspecified atom stereocenters. The van der Waals surface area contributed by atoms with Crippen molar-refractivity contribution in [2.75, 3.05) is 6.61 Å². The number of aromatic amines is 1. The van der Waals surface area contributed by atoms with E-state index in [1.807, 2.05) is 0 Å². The maximum atomic E-state index is 14.2. The number of phenols is 2. The third-order valence-electron chi connectivity index (χ3n) is 8.78. The summed E-state index contributed by atoms with van der Waals surface area (Å²) in [6.07, 6.45) is -4.69. The van der Waals surface area contributed by atoms with Crippen LogP contribution in [0.5, 0.6) is 11.5 Å². The molecule has 1 fully saturated rings. The van der Waals surface area contributed by atoms with Gasteiger partial charge in [-0.3, -0.25) is 19.4 Å². The number of aromatic nitrogens is 3. The van der Waals surface area contributed by atoms with E-state index < -0.39 is 49.1 Å².